The lowest BCUT2D eigenvalue weighted by Gasteiger charge is -2.11. The molecule has 0 atom stereocenters. The Kier molecular flexibility index (Phi) is 4.48. The number of nitrogens with zero attached hydrogens (tertiary/aromatic N) is 1. The van der Waals surface area contributed by atoms with Crippen LogP contribution in [0.5, 0.6) is 11.5 Å². The number of rotatable bonds is 5. The zero-order chi connectivity index (χ0) is 18.7. The molecule has 0 amide bonds. The van der Waals surface area contributed by atoms with Crippen LogP contribution in [0.4, 0.5) is 5.69 Å². The van der Waals surface area contributed by atoms with E-state index in [0.29, 0.717) is 16.8 Å². The van der Waals surface area contributed by atoms with Gasteiger partial charge in [0.05, 0.1) is 4.90 Å². The highest BCUT2D eigenvalue weighted by molar-refractivity contribution is 7.93. The van der Waals surface area contributed by atoms with E-state index in [1.54, 1.807) is 54.9 Å². The van der Waals surface area contributed by atoms with Gasteiger partial charge in [-0.1, -0.05) is 30.3 Å². The first-order valence-corrected chi connectivity index (χ1v) is 9.79. The molecule has 1 N–H and O–H groups in total. The van der Waals surface area contributed by atoms with Crippen molar-refractivity contribution in [2.75, 3.05) is 4.72 Å². The van der Waals surface area contributed by atoms with E-state index in [2.05, 4.69) is 9.71 Å². The van der Waals surface area contributed by atoms with Gasteiger partial charge in [-0.3, -0.25) is 9.71 Å². The van der Waals surface area contributed by atoms with Gasteiger partial charge < -0.3 is 4.74 Å². The summed E-state index contributed by atoms with van der Waals surface area (Å²) in [5.74, 6) is 1.34. The monoisotopic (exact) mass is 376 g/mol. The molecule has 0 spiro atoms. The Morgan fingerprint density at radius 1 is 0.778 bits per heavy atom. The summed E-state index contributed by atoms with van der Waals surface area (Å²) in [4.78, 5) is 4.25. The average molecular weight is 376 g/mol. The van der Waals surface area contributed by atoms with Crippen LogP contribution in [-0.4, -0.2) is 13.4 Å². The standard InChI is InChI=1S/C21H16N2O3S/c24-27(25,21-8-4-5-16-15-22-14-13-20(16)21)23-17-9-11-19(12-10-17)26-18-6-2-1-3-7-18/h1-15,23H. The molecule has 134 valence electrons. The number of hydrogen-bond donors (Lipinski definition) is 1. The molecule has 0 fully saturated rings. The van der Waals surface area contributed by atoms with E-state index in [-0.39, 0.29) is 4.90 Å². The molecule has 0 radical (unpaired) electrons. The normalized spacial score (nSPS) is 11.3. The smallest absolute Gasteiger partial charge is 0.262 e. The third-order valence-electron chi connectivity index (χ3n) is 4.02. The quantitative estimate of drug-likeness (QED) is 0.542. The molecule has 4 rings (SSSR count). The minimum Gasteiger partial charge on any atom is -0.457 e. The first kappa shape index (κ1) is 17.1. The molecule has 5 nitrogen and oxygen atoms in total. The van der Waals surface area contributed by atoms with Gasteiger partial charge in [-0.2, -0.15) is 0 Å². The molecule has 0 saturated carbocycles. The topological polar surface area (TPSA) is 68.3 Å². The Bertz CT molecular complexity index is 1170. The molecule has 3 aromatic carbocycles. The Balaban J connectivity index is 1.57. The molecular weight excluding hydrogens is 360 g/mol. The van der Waals surface area contributed by atoms with Gasteiger partial charge in [0.15, 0.2) is 0 Å². The predicted octanol–water partition coefficient (Wildman–Crippen LogP) is 4.83. The Hall–Kier alpha value is -3.38. The maximum atomic E-state index is 12.8. The molecule has 0 bridgehead atoms. The lowest BCUT2D eigenvalue weighted by Crippen LogP contribution is -2.13. The molecule has 0 aliphatic rings. The predicted molar refractivity (Wildman–Crippen MR) is 106 cm³/mol. The van der Waals surface area contributed by atoms with Gasteiger partial charge in [0.2, 0.25) is 0 Å². The number of pyridine rings is 1. The van der Waals surface area contributed by atoms with Gasteiger partial charge in [0.25, 0.3) is 10.0 Å². The third kappa shape index (κ3) is 3.75. The van der Waals surface area contributed by atoms with E-state index in [1.807, 2.05) is 36.4 Å². The first-order valence-electron chi connectivity index (χ1n) is 8.30. The van der Waals surface area contributed by atoms with Gasteiger partial charge >= 0.3 is 0 Å². The summed E-state index contributed by atoms with van der Waals surface area (Å²) < 4.78 is 34.0. The summed E-state index contributed by atoms with van der Waals surface area (Å²) in [5, 5.41) is 1.40. The van der Waals surface area contributed by atoms with Crippen LogP contribution in [0.1, 0.15) is 0 Å². The van der Waals surface area contributed by atoms with Crippen molar-refractivity contribution in [3.8, 4) is 11.5 Å². The molecule has 0 saturated heterocycles. The van der Waals surface area contributed by atoms with Gasteiger partial charge in [-0.05, 0) is 48.5 Å². The summed E-state index contributed by atoms with van der Waals surface area (Å²) in [6, 6.07) is 23.0. The number of benzene rings is 3. The molecular formula is C21H16N2O3S. The second-order valence-electron chi connectivity index (χ2n) is 5.90. The zero-order valence-corrected chi connectivity index (χ0v) is 15.1. The number of sulfonamides is 1. The van der Waals surface area contributed by atoms with Gasteiger partial charge in [-0.15, -0.1) is 0 Å². The fourth-order valence-corrected chi connectivity index (χ4v) is 4.04. The fourth-order valence-electron chi connectivity index (χ4n) is 2.75. The van der Waals surface area contributed by atoms with Crippen molar-refractivity contribution in [2.24, 2.45) is 0 Å². The lowest BCUT2D eigenvalue weighted by molar-refractivity contribution is 0.483. The van der Waals surface area contributed by atoms with E-state index >= 15 is 0 Å². The summed E-state index contributed by atoms with van der Waals surface area (Å²) in [7, 11) is -3.73. The number of nitrogens with one attached hydrogen (secondary N) is 1. The molecule has 27 heavy (non-hydrogen) atoms. The van der Waals surface area contributed by atoms with Crippen LogP contribution >= 0.6 is 0 Å². The highest BCUT2D eigenvalue weighted by Crippen LogP contribution is 2.26. The average Bonchev–Trinajstić information content (AvgIpc) is 2.70. The first-order chi connectivity index (χ1) is 13.1. The molecule has 1 heterocycles. The van der Waals surface area contributed by atoms with Crippen LogP contribution in [0.3, 0.4) is 0 Å². The van der Waals surface area contributed by atoms with Crippen LogP contribution in [0, 0.1) is 0 Å². The number of fused-ring (bicyclic) bond motifs is 1. The minimum atomic E-state index is -3.73. The maximum Gasteiger partial charge on any atom is 0.262 e. The second kappa shape index (κ2) is 7.09. The van der Waals surface area contributed by atoms with E-state index in [4.69, 9.17) is 4.74 Å². The Morgan fingerprint density at radius 3 is 2.30 bits per heavy atom. The van der Waals surface area contributed by atoms with Crippen LogP contribution in [0.25, 0.3) is 10.8 Å². The Morgan fingerprint density at radius 2 is 1.52 bits per heavy atom. The van der Waals surface area contributed by atoms with Crippen molar-refractivity contribution in [1.82, 2.24) is 4.98 Å². The summed E-state index contributed by atoms with van der Waals surface area (Å²) in [6.07, 6.45) is 3.22. The SMILES string of the molecule is O=S(=O)(Nc1ccc(Oc2ccccc2)cc1)c1cccc2cnccc12. The number of aromatic nitrogens is 1. The van der Waals surface area contributed by atoms with E-state index in [9.17, 15) is 8.42 Å². The van der Waals surface area contributed by atoms with Crippen LogP contribution < -0.4 is 9.46 Å². The zero-order valence-electron chi connectivity index (χ0n) is 14.2. The summed E-state index contributed by atoms with van der Waals surface area (Å²) >= 11 is 0. The third-order valence-corrected chi connectivity index (χ3v) is 5.46. The van der Waals surface area contributed by atoms with Crippen LogP contribution in [0.2, 0.25) is 0 Å². The van der Waals surface area contributed by atoms with Crippen molar-refractivity contribution in [3.63, 3.8) is 0 Å². The van der Waals surface area contributed by atoms with Crippen molar-refractivity contribution in [3.05, 3.63) is 91.3 Å². The van der Waals surface area contributed by atoms with Gasteiger partial charge in [0.1, 0.15) is 11.5 Å². The number of para-hydroxylation sites is 1. The van der Waals surface area contributed by atoms with Crippen molar-refractivity contribution in [1.29, 1.82) is 0 Å². The highest BCUT2D eigenvalue weighted by atomic mass is 32.2. The molecule has 4 aromatic rings. The molecule has 0 aliphatic heterocycles. The van der Waals surface area contributed by atoms with Crippen molar-refractivity contribution in [2.45, 2.75) is 4.90 Å². The van der Waals surface area contributed by atoms with E-state index in [1.165, 1.54) is 0 Å². The highest BCUT2D eigenvalue weighted by Gasteiger charge is 2.17. The number of hydrogen-bond acceptors (Lipinski definition) is 4. The summed E-state index contributed by atoms with van der Waals surface area (Å²) in [5.41, 5.74) is 0.460. The van der Waals surface area contributed by atoms with E-state index in [0.717, 1.165) is 11.1 Å². The molecule has 0 aliphatic carbocycles. The van der Waals surface area contributed by atoms with Crippen LogP contribution in [0.15, 0.2) is 96.2 Å². The molecule has 0 unspecified atom stereocenters. The number of ether oxygens (including phenoxy) is 1. The Labute approximate surface area is 157 Å². The minimum absolute atomic E-state index is 0.215. The van der Waals surface area contributed by atoms with Crippen molar-refractivity contribution >= 4 is 26.5 Å². The summed E-state index contributed by atoms with van der Waals surface area (Å²) in [6.45, 7) is 0. The maximum absolute atomic E-state index is 12.8. The fraction of sp³-hybridized carbons (Fsp3) is 0. The second-order valence-corrected chi connectivity index (χ2v) is 7.55. The number of anilines is 1. The lowest BCUT2D eigenvalue weighted by atomic mass is 10.2. The van der Waals surface area contributed by atoms with Crippen molar-refractivity contribution < 1.29 is 13.2 Å². The van der Waals surface area contributed by atoms with E-state index < -0.39 is 10.0 Å². The molecule has 1 aromatic heterocycles. The van der Waals surface area contributed by atoms with Gasteiger partial charge in [-0.25, -0.2) is 8.42 Å². The molecule has 6 heteroatoms. The van der Waals surface area contributed by atoms with Gasteiger partial charge in [0, 0.05) is 28.9 Å². The largest absolute Gasteiger partial charge is 0.457 e. The van der Waals surface area contributed by atoms with Crippen LogP contribution in [-0.2, 0) is 10.0 Å².